The first kappa shape index (κ1) is 119. The van der Waals surface area contributed by atoms with Gasteiger partial charge in [0, 0.05) is 61.7 Å². The highest BCUT2D eigenvalue weighted by Gasteiger charge is 2.37. The van der Waals surface area contributed by atoms with Crippen molar-refractivity contribution >= 4 is 0 Å². The molecule has 784 valence electrons. The van der Waals surface area contributed by atoms with Crippen LogP contribution in [-0.2, 0) is 21.7 Å². The van der Waals surface area contributed by atoms with E-state index in [1.165, 1.54) is 106 Å². The second-order valence-electron chi connectivity index (χ2n) is 42.3. The molecule has 0 radical (unpaired) electrons. The number of hydrogen-bond acceptors (Lipinski definition) is 14. The average Bonchev–Trinajstić information content (AvgIpc) is 0.761. The number of rotatable bonds is 32. The van der Waals surface area contributed by atoms with Crippen molar-refractivity contribution < 1.29 is 71.5 Å². The minimum atomic E-state index is -0.471. The third-order valence-corrected chi connectivity index (χ3v) is 30.1. The smallest absolute Gasteiger partial charge is 0.122 e. The first-order chi connectivity index (χ1) is 69.6. The van der Waals surface area contributed by atoms with Crippen molar-refractivity contribution in [2.45, 2.75) is 301 Å². The van der Waals surface area contributed by atoms with Gasteiger partial charge in [-0.15, -0.1) is 0 Å². The number of unbranched alkanes of at least 4 members (excludes halogenated alkanes) is 4. The molecule has 0 saturated heterocycles. The molecule has 0 saturated carbocycles. The normalized spacial score (nSPS) is 12.3. The van der Waals surface area contributed by atoms with Crippen molar-refractivity contribution in [2.24, 2.45) is 17.8 Å². The minimum absolute atomic E-state index is 0.0372. The van der Waals surface area contributed by atoms with Crippen molar-refractivity contribution in [3.05, 3.63) is 414 Å². The number of aryl methyl sites for hydroxylation is 6. The molecule has 14 heteroatoms. The third-order valence-electron chi connectivity index (χ3n) is 30.1. The number of benzene rings is 14. The van der Waals surface area contributed by atoms with Crippen molar-refractivity contribution in [3.8, 4) is 80.5 Å². The standard InChI is InChI=1S/C23H32O2.C21H28O2.C20H26O2.C19H24O2.2C17H20O2.C16H18O2/c1-7-15(3)19-14-18(24)10-11-21(19)23(5,6)17-9-12-22(25)20(13-17)16(4)8-2;1-4-5-6-7-16(2)21(3,17-8-12-19(22)13-9-17)18-10-14-20(23)15-11-18;1-3-4-5-6-15(2)20(16-7-11-18(21)12-8-16)17-9-13-19(22)14-10-17;1-11-7-13(3)17(20)15(9-11)19(5,6)16-10-12(2)8-14(4)18(16)21;1-12(2)11-17(13-3-7-15(18)8-4-13)14-5-9-16(19)10-6-14;1-3-17(4-2,13-5-9-15(18)10-6-13)14-7-11-16(19)12-8-14;1-10-4-6-15(17)13(8-10)12(3)14-9-11(2)5-7-16(14)18/h9-16,24-25H,7-8H2,1-6H3;8-16,22-23H,4-7H2,1-3H3;7-15,20-22H,3-6H2,1-2H3;7-10,20-21H,1-6H3;3-10,12,17-19H,11H2,1-2H3;5-12,18-19H,3-4H2,1-2H3;4-9,12,17-18H,1-3H3. The fourth-order valence-corrected chi connectivity index (χ4v) is 20.3. The lowest BCUT2D eigenvalue weighted by Gasteiger charge is -2.37. The van der Waals surface area contributed by atoms with Crippen LogP contribution in [-0.4, -0.2) is 71.5 Å². The van der Waals surface area contributed by atoms with Gasteiger partial charge in [-0.1, -0.05) is 349 Å². The fourth-order valence-electron chi connectivity index (χ4n) is 20.3. The quantitative estimate of drug-likeness (QED) is 0.0175. The van der Waals surface area contributed by atoms with E-state index in [9.17, 15) is 71.5 Å². The van der Waals surface area contributed by atoms with E-state index in [0.717, 1.165) is 99.7 Å². The lowest BCUT2D eigenvalue weighted by molar-refractivity contribution is 0.339. The summed E-state index contributed by atoms with van der Waals surface area (Å²) in [4.78, 5) is 0. The Hall–Kier alpha value is -13.7. The van der Waals surface area contributed by atoms with E-state index in [1.807, 2.05) is 232 Å². The Balaban J connectivity index is 0.000000210. The van der Waals surface area contributed by atoms with E-state index in [0.29, 0.717) is 81.5 Å². The summed E-state index contributed by atoms with van der Waals surface area (Å²) in [7, 11) is 0. The maximum Gasteiger partial charge on any atom is 0.122 e. The summed E-state index contributed by atoms with van der Waals surface area (Å²) in [5, 5.41) is 137. The predicted molar refractivity (Wildman–Crippen MR) is 609 cm³/mol. The molecule has 0 heterocycles. The molecular weight excluding hydrogens is 1820 g/mol. The first-order valence-electron chi connectivity index (χ1n) is 52.8. The molecule has 14 nitrogen and oxygen atoms in total. The molecule has 0 aliphatic heterocycles. The van der Waals surface area contributed by atoms with Gasteiger partial charge in [0.1, 0.15) is 80.5 Å². The molecule has 0 spiro atoms. The Morgan fingerprint density at radius 3 is 0.939 bits per heavy atom. The minimum Gasteiger partial charge on any atom is -0.508 e. The van der Waals surface area contributed by atoms with Gasteiger partial charge in [-0.25, -0.2) is 0 Å². The second kappa shape index (κ2) is 55.2. The van der Waals surface area contributed by atoms with Gasteiger partial charge in [0.15, 0.2) is 0 Å². The second-order valence-corrected chi connectivity index (χ2v) is 42.3. The van der Waals surface area contributed by atoms with Crippen LogP contribution in [0.1, 0.15) is 360 Å². The van der Waals surface area contributed by atoms with Gasteiger partial charge in [-0.2, -0.15) is 0 Å². The highest BCUT2D eigenvalue weighted by molar-refractivity contribution is 5.58. The van der Waals surface area contributed by atoms with Crippen LogP contribution < -0.4 is 0 Å². The zero-order valence-corrected chi connectivity index (χ0v) is 91.8. The van der Waals surface area contributed by atoms with E-state index < -0.39 is 5.41 Å². The van der Waals surface area contributed by atoms with Crippen LogP contribution in [0.2, 0.25) is 0 Å². The van der Waals surface area contributed by atoms with E-state index >= 15 is 0 Å². The highest BCUT2D eigenvalue weighted by Crippen LogP contribution is 2.49. The van der Waals surface area contributed by atoms with E-state index in [4.69, 9.17) is 0 Å². The molecule has 4 unspecified atom stereocenters. The van der Waals surface area contributed by atoms with Gasteiger partial charge in [0.2, 0.25) is 0 Å². The molecule has 0 amide bonds. The van der Waals surface area contributed by atoms with E-state index in [1.54, 1.807) is 115 Å². The van der Waals surface area contributed by atoms with Gasteiger partial charge in [-0.3, -0.25) is 0 Å². The Bertz CT molecular complexity index is 6080. The molecule has 0 aliphatic rings. The number of phenolic OH excluding ortho intramolecular Hbond substituents is 14. The fraction of sp³-hybridized carbons (Fsp3) is 0.368. The van der Waals surface area contributed by atoms with Crippen LogP contribution in [0.5, 0.6) is 80.5 Å². The van der Waals surface area contributed by atoms with Crippen molar-refractivity contribution in [1.29, 1.82) is 0 Å². The third kappa shape index (κ3) is 32.1. The van der Waals surface area contributed by atoms with Crippen LogP contribution in [0, 0.1) is 59.3 Å². The number of phenols is 14. The summed E-state index contributed by atoms with van der Waals surface area (Å²) in [6.07, 6.45) is 14.8. The zero-order valence-electron chi connectivity index (χ0n) is 91.8. The van der Waals surface area contributed by atoms with Crippen LogP contribution >= 0.6 is 0 Å². The topological polar surface area (TPSA) is 283 Å². The van der Waals surface area contributed by atoms with E-state index in [-0.39, 0.29) is 62.6 Å². The summed E-state index contributed by atoms with van der Waals surface area (Å²) in [5.74, 6) is 7.00. The Kier molecular flexibility index (Phi) is 44.5. The first-order valence-corrected chi connectivity index (χ1v) is 52.8. The molecule has 14 aromatic carbocycles. The summed E-state index contributed by atoms with van der Waals surface area (Å²) >= 11 is 0. The lowest BCUT2D eigenvalue weighted by atomic mass is 9.66. The van der Waals surface area contributed by atoms with Gasteiger partial charge in [-0.05, 0) is 321 Å². The van der Waals surface area contributed by atoms with Crippen molar-refractivity contribution in [2.75, 3.05) is 0 Å². The van der Waals surface area contributed by atoms with Crippen LogP contribution in [0.25, 0.3) is 0 Å². The molecule has 0 fully saturated rings. The van der Waals surface area contributed by atoms with Gasteiger partial charge in [0.25, 0.3) is 0 Å². The number of hydrogen-bond donors (Lipinski definition) is 14. The zero-order chi connectivity index (χ0) is 109. The number of aromatic hydroxyl groups is 14. The molecule has 0 aromatic heterocycles. The van der Waals surface area contributed by atoms with Crippen molar-refractivity contribution in [3.63, 3.8) is 0 Å². The molecular formula is C133H168O14. The maximum atomic E-state index is 10.5. The Morgan fingerprint density at radius 1 is 0.265 bits per heavy atom. The van der Waals surface area contributed by atoms with Crippen LogP contribution in [0.4, 0.5) is 0 Å². The molecule has 14 rings (SSSR count). The molecule has 0 aliphatic carbocycles. The average molecular weight is 1990 g/mol. The molecule has 147 heavy (non-hydrogen) atoms. The lowest BCUT2D eigenvalue weighted by Crippen LogP contribution is -2.31. The SMILES string of the molecule is CC(C)CC(c1ccc(O)cc1)c1ccc(O)cc1.CCC(C)c1cc(C(C)(C)c2ccc(O)cc2C(C)CC)ccc1O.CCC(CC)(c1ccc(O)cc1)c1ccc(O)cc1.CCCCCC(C)C(C)(c1ccc(O)cc1)c1ccc(O)cc1.CCCCCC(C)C(c1ccc(O)cc1)c1ccc(O)cc1.Cc1cc(C)c(O)c(C(C)(C)c2cc(C)cc(C)c2O)c1.Cc1ccc(O)c(C(C)c2cc(C)ccc2O)c1. The van der Waals surface area contributed by atoms with Gasteiger partial charge in [0.05, 0.1) is 0 Å². The van der Waals surface area contributed by atoms with Gasteiger partial charge < -0.3 is 71.5 Å². The summed E-state index contributed by atoms with van der Waals surface area (Å²) in [6, 6.07) is 90.5. The van der Waals surface area contributed by atoms with Crippen molar-refractivity contribution in [1.82, 2.24) is 0 Å². The van der Waals surface area contributed by atoms with E-state index in [2.05, 4.69) is 110 Å². The van der Waals surface area contributed by atoms with Gasteiger partial charge >= 0.3 is 0 Å². The summed E-state index contributed by atoms with van der Waals surface area (Å²) < 4.78 is 0. The largest absolute Gasteiger partial charge is 0.508 e. The molecule has 14 N–H and O–H groups in total. The maximum absolute atomic E-state index is 10.5. The molecule has 4 atom stereocenters. The Labute approximate surface area is 878 Å². The monoisotopic (exact) mass is 1990 g/mol. The Morgan fingerprint density at radius 2 is 0.585 bits per heavy atom. The highest BCUT2D eigenvalue weighted by atomic mass is 16.3. The van der Waals surface area contributed by atoms with Crippen LogP contribution in [0.15, 0.2) is 291 Å². The molecule has 0 bridgehead atoms. The predicted octanol–water partition coefficient (Wildman–Crippen LogP) is 34.5. The summed E-state index contributed by atoms with van der Waals surface area (Å²) in [6.45, 7) is 51.1. The molecule has 14 aromatic rings. The van der Waals surface area contributed by atoms with Crippen LogP contribution in [0.3, 0.4) is 0 Å². The summed E-state index contributed by atoms with van der Waals surface area (Å²) in [5.41, 5.74) is 22.9.